The zero-order valence-corrected chi connectivity index (χ0v) is 78.4. The van der Waals surface area contributed by atoms with Crippen molar-refractivity contribution in [3.05, 3.63) is 54.4 Å². The number of aliphatic hydroxyl groups is 4. The lowest BCUT2D eigenvalue weighted by Gasteiger charge is -2.62. The van der Waals surface area contributed by atoms with Crippen LogP contribution in [0, 0.1) is 182 Å². The lowest BCUT2D eigenvalue weighted by atomic mass is 9.44. The number of Topliss-reactive ketones (excluding diaryl/α,β-unsaturated/α-hetero) is 4. The number of hydrogen-bond acceptors (Lipinski definition) is 17. The van der Waals surface area contributed by atoms with Crippen LogP contribution in [0.5, 0.6) is 0 Å². The van der Waals surface area contributed by atoms with Crippen LogP contribution in [0.2, 0.25) is 0 Å². The molecule has 0 aliphatic heterocycles. The molecular formula is C102H159N11O10. The van der Waals surface area contributed by atoms with E-state index in [1.54, 1.807) is 44.4 Å². The van der Waals surface area contributed by atoms with E-state index < -0.39 is 22.4 Å². The molecule has 16 aliphatic rings. The normalized spacial score (nSPS) is 47.1. The molecule has 0 unspecified atom stereocenters. The Hall–Kier alpha value is -4.93. The van der Waals surface area contributed by atoms with Crippen LogP contribution in [0.3, 0.4) is 0 Å². The lowest BCUT2D eigenvalue weighted by Crippen LogP contribution is -2.57. The quantitative estimate of drug-likeness (QED) is 0.0811. The molecule has 4 aromatic heterocycles. The van der Waals surface area contributed by atoms with Gasteiger partial charge in [0.2, 0.25) is 0 Å². The summed E-state index contributed by atoms with van der Waals surface area (Å²) in [5.41, 5.74) is 0.915. The van der Waals surface area contributed by atoms with E-state index in [0.29, 0.717) is 131 Å². The highest BCUT2D eigenvalue weighted by atomic mass is 16.5. The monoisotopic (exact) mass is 1700 g/mol. The van der Waals surface area contributed by atoms with Crippen molar-refractivity contribution in [3.8, 4) is 0 Å². The van der Waals surface area contributed by atoms with Crippen molar-refractivity contribution in [2.24, 2.45) is 162 Å². The van der Waals surface area contributed by atoms with E-state index in [1.165, 1.54) is 140 Å². The first-order chi connectivity index (χ1) is 58.2. The molecule has 123 heavy (non-hydrogen) atoms. The van der Waals surface area contributed by atoms with Crippen LogP contribution in [-0.2, 0) is 54.8 Å². The van der Waals surface area contributed by atoms with E-state index in [4.69, 9.17) is 9.47 Å². The van der Waals surface area contributed by atoms with Gasteiger partial charge in [-0.2, -0.15) is 9.90 Å². The number of methoxy groups -OCH3 is 2. The Morgan fingerprint density at radius 1 is 0.390 bits per heavy atom. The second-order valence-electron chi connectivity index (χ2n) is 48.1. The highest BCUT2D eigenvalue weighted by Gasteiger charge is 2.68. The molecular weight excluding hydrogens is 1540 g/mol. The zero-order valence-electron chi connectivity index (χ0n) is 78.4. The number of fused-ring (bicyclic) bond motifs is 20. The fraction of sp³-hybridized carbons (Fsp3) is 0.873. The number of aromatic nitrogens is 11. The smallest absolute Gasteiger partial charge is 0.171 e. The van der Waals surface area contributed by atoms with Crippen LogP contribution in [0.15, 0.2) is 37.2 Å². The molecule has 16 aliphatic carbocycles. The molecule has 4 heterocycles. The summed E-state index contributed by atoms with van der Waals surface area (Å²) in [6.07, 6.45) is 51.8. The predicted octanol–water partition coefficient (Wildman–Crippen LogP) is 17.8. The minimum absolute atomic E-state index is 0.0997. The second-order valence-corrected chi connectivity index (χ2v) is 48.1. The van der Waals surface area contributed by atoms with Gasteiger partial charge in [-0.15, -0.1) is 15.3 Å². The van der Waals surface area contributed by atoms with Crippen molar-refractivity contribution in [2.75, 3.05) is 27.4 Å². The Kier molecular flexibility index (Phi) is 24.5. The van der Waals surface area contributed by atoms with Gasteiger partial charge < -0.3 is 34.5 Å². The fourth-order valence-electron chi connectivity index (χ4n) is 35.3. The van der Waals surface area contributed by atoms with Gasteiger partial charge in [0.15, 0.2) is 29.0 Å². The molecule has 0 amide bonds. The molecule has 21 heteroatoms. The topological polar surface area (TPSA) is 278 Å². The standard InChI is InChI=1S/C27H42N2O3.C26H40N2O2.C25H40N4O3.C24H37N3O2/c1-18-28-13-14-29(18)16-24(30)23-8-7-21-20-6-5-19-15-27(31,17-32-4)12-11-25(19,2)22(20)9-10-26(21,23)3;1-17-14-27-28(15-17)16-23(29)22-8-7-20-19-6-5-18-13-24(2,30)11-12-25(18,3)21(19)9-10-26(20,22)4;1-16-26-28-29(27-16)14-22(30)21-8-7-19-18-6-5-17-13-25(31,15-32-4)12-11-23(17,2)20(18)9-10-24(19,21)3;1-22(29)10-11-23(2)16(14-22)4-5-17-18-6-7-20(24(18,3)9-8-19(17)23)21(28)15-27-13-12-25-26-27/h13-14,19-23,31H,5-12,15-17H2,1-4H3;14-15,18-22,30H,5-13,16H2,1-4H3;17-21,31H,5-15H2,1-4H3;12-13,16-20,29H,4-11,14-15H2,1-3H3/t19-,20-,21-,22-,23+,25-,26-,27+;18-,19-,20-,21-,22+,24+,25-,26-;17-,18-,19-,20-,21+,23-,24-,25+;16-,17-,18-,19-,20+,22+,23-,24-/m0000/s1. The predicted molar refractivity (Wildman–Crippen MR) is 472 cm³/mol. The summed E-state index contributed by atoms with van der Waals surface area (Å²) in [6, 6.07) is 0. The number of carbonyl (C=O) groups is 4. The summed E-state index contributed by atoms with van der Waals surface area (Å²) in [6.45, 7) is 32.2. The van der Waals surface area contributed by atoms with Crippen LogP contribution >= 0.6 is 0 Å². The van der Waals surface area contributed by atoms with Gasteiger partial charge in [-0.05, 0) is 415 Å². The molecule has 0 saturated heterocycles. The molecule has 4 N–H and O–H groups in total. The van der Waals surface area contributed by atoms with Crippen LogP contribution in [0.1, 0.15) is 318 Å². The van der Waals surface area contributed by atoms with Crippen molar-refractivity contribution in [1.82, 2.24) is 54.5 Å². The Balaban J connectivity index is 0.000000116. The molecule has 0 radical (unpaired) electrons. The summed E-state index contributed by atoms with van der Waals surface area (Å²) in [5.74, 6) is 14.9. The first kappa shape index (κ1) is 90.0. The third-order valence-electron chi connectivity index (χ3n) is 41.9. The number of nitrogens with zero attached hydrogens (tertiary/aromatic N) is 11. The van der Waals surface area contributed by atoms with Gasteiger partial charge in [0.1, 0.15) is 18.9 Å². The number of hydrogen-bond donors (Lipinski definition) is 4. The van der Waals surface area contributed by atoms with Crippen molar-refractivity contribution in [1.29, 1.82) is 0 Å². The minimum atomic E-state index is -0.645. The Labute approximate surface area is 736 Å². The second kappa shape index (κ2) is 33.5. The van der Waals surface area contributed by atoms with Crippen LogP contribution < -0.4 is 0 Å². The van der Waals surface area contributed by atoms with E-state index >= 15 is 0 Å². The largest absolute Gasteiger partial charge is 0.390 e. The maximum atomic E-state index is 13.4. The van der Waals surface area contributed by atoms with Crippen LogP contribution in [0.25, 0.3) is 0 Å². The fourth-order valence-corrected chi connectivity index (χ4v) is 35.3. The SMILES string of the molecule is COC[C@@]1(O)CC[C@@]2(C)[C@@H](CC[C@@H]3[C@@H]2CC[C@]2(C)[C@@H](C(=O)Cn4ccnc4C)CC[C@@H]32)C1.COC[C@@]1(O)CC[C@@]2(C)[C@@H](CC[C@@H]3[C@@H]2CC[C@]2(C)[C@@H](C(=O)Cn4nnc(C)n4)CC[C@@H]32)C1.C[C@@]1(O)CC[C@@]2(C)[C@@H](CC[C@@H]3[C@@H]2CC[C@]2(C)[C@@H](C(=O)Cn4ccnn4)CC[C@@H]32)C1.Cc1cnn(CC(=O)[C@H]2CC[C@H]3[C@@H]4CC[C@H]5C[C@](C)(O)CC[C@]5(C)[C@H]4CC[C@]23C)c1. The molecule has 16 fully saturated rings. The Morgan fingerprint density at radius 3 is 1.10 bits per heavy atom. The summed E-state index contributed by atoms with van der Waals surface area (Å²) in [5, 5.41) is 67.9. The maximum absolute atomic E-state index is 13.4. The van der Waals surface area contributed by atoms with Crippen molar-refractivity contribution in [2.45, 2.75) is 370 Å². The number of imidazole rings is 1. The third-order valence-corrected chi connectivity index (χ3v) is 41.9. The average Bonchev–Trinajstić information content (AvgIpc) is 1.66. The number of ether oxygens (including phenoxy) is 2. The molecule has 0 bridgehead atoms. The Bertz CT molecular complexity index is 4440. The highest BCUT2D eigenvalue weighted by molar-refractivity contribution is 5.84. The first-order valence-corrected chi connectivity index (χ1v) is 49.8. The van der Waals surface area contributed by atoms with Gasteiger partial charge >= 0.3 is 0 Å². The maximum Gasteiger partial charge on any atom is 0.171 e. The summed E-state index contributed by atoms with van der Waals surface area (Å²) in [4.78, 5) is 59.0. The number of carbonyl (C=O) groups excluding carboxylic acids is 4. The van der Waals surface area contributed by atoms with Crippen molar-refractivity contribution >= 4 is 23.1 Å². The van der Waals surface area contributed by atoms with Gasteiger partial charge in [-0.1, -0.05) is 60.6 Å². The van der Waals surface area contributed by atoms with Gasteiger partial charge in [-0.3, -0.25) is 23.9 Å². The Morgan fingerprint density at radius 2 is 0.756 bits per heavy atom. The number of aryl methyl sites for hydroxylation is 3. The molecule has 16 saturated carbocycles. The molecule has 4 aromatic rings. The van der Waals surface area contributed by atoms with Crippen molar-refractivity contribution < 1.29 is 49.1 Å². The summed E-state index contributed by atoms with van der Waals surface area (Å²) < 4.78 is 16.3. The highest BCUT2D eigenvalue weighted by Crippen LogP contribution is 2.74. The van der Waals surface area contributed by atoms with Crippen LogP contribution in [-0.4, -0.2) is 148 Å². The van der Waals surface area contributed by atoms with Crippen molar-refractivity contribution in [3.63, 3.8) is 0 Å². The van der Waals surface area contributed by atoms with E-state index in [0.717, 1.165) is 149 Å². The molecule has 0 spiro atoms. The van der Waals surface area contributed by atoms with E-state index in [2.05, 4.69) is 91.2 Å². The van der Waals surface area contributed by atoms with E-state index in [1.807, 2.05) is 55.5 Å². The molecule has 32 atom stereocenters. The number of ketones is 4. The van der Waals surface area contributed by atoms with Gasteiger partial charge in [0.25, 0.3) is 0 Å². The lowest BCUT2D eigenvalue weighted by molar-refractivity contribution is -0.164. The van der Waals surface area contributed by atoms with Crippen LogP contribution in [0.4, 0.5) is 0 Å². The van der Waals surface area contributed by atoms with Gasteiger partial charge in [-0.25, -0.2) is 9.67 Å². The molecule has 20 rings (SSSR count). The van der Waals surface area contributed by atoms with E-state index in [-0.39, 0.29) is 57.7 Å². The third kappa shape index (κ3) is 16.1. The van der Waals surface area contributed by atoms with Gasteiger partial charge in [0.05, 0.1) is 61.1 Å². The minimum Gasteiger partial charge on any atom is -0.390 e. The average molecular weight is 1700 g/mol. The summed E-state index contributed by atoms with van der Waals surface area (Å²) >= 11 is 0. The molecule has 682 valence electrons. The van der Waals surface area contributed by atoms with Gasteiger partial charge in [0, 0.05) is 62.7 Å². The number of rotatable bonds is 16. The van der Waals surface area contributed by atoms with E-state index in [9.17, 15) is 39.6 Å². The summed E-state index contributed by atoms with van der Waals surface area (Å²) in [7, 11) is 3.40. The molecule has 0 aromatic carbocycles. The number of tetrazole rings is 1. The first-order valence-electron chi connectivity index (χ1n) is 49.8. The zero-order chi connectivity index (χ0) is 87.2. The molecule has 21 nitrogen and oxygen atoms in total.